The molecule has 110 valence electrons. The number of hydrogen-bond donors (Lipinski definition) is 0. The lowest BCUT2D eigenvalue weighted by Gasteiger charge is -2.49. The first-order valence-corrected chi connectivity index (χ1v) is 7.78. The Morgan fingerprint density at radius 1 is 1.00 bits per heavy atom. The van der Waals surface area contributed by atoms with Crippen LogP contribution in [0, 0.1) is 34.5 Å². The van der Waals surface area contributed by atoms with Crippen LogP contribution in [0.15, 0.2) is 0 Å². The Labute approximate surface area is 119 Å². The van der Waals surface area contributed by atoms with Gasteiger partial charge in [0.15, 0.2) is 0 Å². The van der Waals surface area contributed by atoms with Crippen molar-refractivity contribution in [1.29, 1.82) is 0 Å². The van der Waals surface area contributed by atoms with Gasteiger partial charge in [-0.1, -0.05) is 0 Å². The summed E-state index contributed by atoms with van der Waals surface area (Å²) >= 11 is 0. The van der Waals surface area contributed by atoms with Crippen LogP contribution < -0.4 is 0 Å². The highest BCUT2D eigenvalue weighted by Crippen LogP contribution is 2.79. The maximum Gasteiger partial charge on any atom is 0.313 e. The number of esters is 2. The van der Waals surface area contributed by atoms with Gasteiger partial charge in [0, 0.05) is 0 Å². The van der Waals surface area contributed by atoms with Crippen molar-refractivity contribution in [3.05, 3.63) is 0 Å². The van der Waals surface area contributed by atoms with E-state index < -0.39 is 10.8 Å². The molecule has 4 aliphatic rings. The topological polar surface area (TPSA) is 52.6 Å². The van der Waals surface area contributed by atoms with Crippen LogP contribution in [0.3, 0.4) is 0 Å². The molecule has 20 heavy (non-hydrogen) atoms. The fourth-order valence-electron chi connectivity index (χ4n) is 6.85. The van der Waals surface area contributed by atoms with Crippen molar-refractivity contribution < 1.29 is 19.1 Å². The van der Waals surface area contributed by atoms with Gasteiger partial charge in [-0.2, -0.15) is 0 Å². The highest BCUT2D eigenvalue weighted by molar-refractivity contribution is 5.91. The smallest absolute Gasteiger partial charge is 0.313 e. The van der Waals surface area contributed by atoms with Gasteiger partial charge >= 0.3 is 11.9 Å². The molecule has 0 heterocycles. The van der Waals surface area contributed by atoms with Crippen molar-refractivity contribution in [2.75, 3.05) is 14.2 Å². The molecule has 0 N–H and O–H groups in total. The van der Waals surface area contributed by atoms with E-state index in [1.807, 2.05) is 0 Å². The minimum absolute atomic E-state index is 0.137. The third-order valence-corrected chi connectivity index (χ3v) is 7.10. The summed E-state index contributed by atoms with van der Waals surface area (Å²) in [4.78, 5) is 25.4. The SMILES string of the molecule is COC(=O)C12CCC(C1)C1C3CCC(C3)C12C(=O)OC. The Balaban J connectivity index is 1.91. The van der Waals surface area contributed by atoms with Crippen LogP contribution in [0.1, 0.15) is 38.5 Å². The van der Waals surface area contributed by atoms with Gasteiger partial charge in [0.2, 0.25) is 0 Å². The number of carbonyl (C=O) groups excluding carboxylic acids is 2. The molecule has 4 aliphatic carbocycles. The molecule has 0 saturated heterocycles. The summed E-state index contributed by atoms with van der Waals surface area (Å²) < 4.78 is 10.4. The Bertz CT molecular complexity index is 487. The van der Waals surface area contributed by atoms with Crippen LogP contribution in [0.2, 0.25) is 0 Å². The Morgan fingerprint density at radius 2 is 1.75 bits per heavy atom. The molecule has 4 fully saturated rings. The van der Waals surface area contributed by atoms with Crippen LogP contribution in [-0.4, -0.2) is 26.2 Å². The fraction of sp³-hybridized carbons (Fsp3) is 0.875. The van der Waals surface area contributed by atoms with Gasteiger partial charge in [0.25, 0.3) is 0 Å². The second-order valence-corrected chi connectivity index (χ2v) is 7.23. The van der Waals surface area contributed by atoms with Crippen molar-refractivity contribution in [2.45, 2.75) is 38.5 Å². The van der Waals surface area contributed by atoms with Crippen LogP contribution in [0.5, 0.6) is 0 Å². The van der Waals surface area contributed by atoms with Crippen LogP contribution >= 0.6 is 0 Å². The van der Waals surface area contributed by atoms with Gasteiger partial charge in [-0.25, -0.2) is 0 Å². The van der Waals surface area contributed by atoms with Gasteiger partial charge in [0.05, 0.1) is 25.0 Å². The quantitative estimate of drug-likeness (QED) is 0.574. The second kappa shape index (κ2) is 3.77. The molecule has 6 atom stereocenters. The van der Waals surface area contributed by atoms with Crippen molar-refractivity contribution in [3.63, 3.8) is 0 Å². The van der Waals surface area contributed by atoms with Crippen molar-refractivity contribution in [3.8, 4) is 0 Å². The molecule has 4 heteroatoms. The molecule has 0 amide bonds. The first-order valence-electron chi connectivity index (χ1n) is 7.78. The van der Waals surface area contributed by atoms with E-state index in [2.05, 4.69) is 0 Å². The molecule has 6 unspecified atom stereocenters. The summed E-state index contributed by atoms with van der Waals surface area (Å²) in [5.41, 5.74) is -1.16. The second-order valence-electron chi connectivity index (χ2n) is 7.23. The van der Waals surface area contributed by atoms with Gasteiger partial charge in [-0.15, -0.1) is 0 Å². The average molecular weight is 278 g/mol. The molecule has 0 aromatic carbocycles. The van der Waals surface area contributed by atoms with E-state index >= 15 is 0 Å². The Hall–Kier alpha value is -1.06. The summed E-state index contributed by atoms with van der Waals surface area (Å²) in [5.74, 6) is 1.53. The summed E-state index contributed by atoms with van der Waals surface area (Å²) in [5, 5.41) is 0. The lowest BCUT2D eigenvalue weighted by Crippen LogP contribution is -2.57. The molecule has 0 radical (unpaired) electrons. The Morgan fingerprint density at radius 3 is 2.45 bits per heavy atom. The highest BCUT2D eigenvalue weighted by atomic mass is 16.5. The molecule has 0 aromatic heterocycles. The number of fused-ring (bicyclic) bond motifs is 9. The van der Waals surface area contributed by atoms with E-state index in [1.165, 1.54) is 20.6 Å². The van der Waals surface area contributed by atoms with Gasteiger partial charge < -0.3 is 9.47 Å². The first-order chi connectivity index (χ1) is 9.61. The van der Waals surface area contributed by atoms with Crippen LogP contribution in [0.25, 0.3) is 0 Å². The predicted octanol–water partition coefficient (Wildman–Crippen LogP) is 2.17. The van der Waals surface area contributed by atoms with E-state index in [0.29, 0.717) is 23.7 Å². The molecule has 0 aromatic rings. The van der Waals surface area contributed by atoms with Gasteiger partial charge in [-0.05, 0) is 62.2 Å². The molecule has 0 spiro atoms. The van der Waals surface area contributed by atoms with E-state index in [4.69, 9.17) is 9.47 Å². The standard InChI is InChI=1S/C16H22O4/c1-19-13(17)15-6-5-10(8-15)12-9-3-4-11(7-9)16(12,15)14(18)20-2/h9-12H,3-8H2,1-2H3. The van der Waals surface area contributed by atoms with E-state index in [9.17, 15) is 9.59 Å². The number of rotatable bonds is 2. The van der Waals surface area contributed by atoms with Crippen molar-refractivity contribution in [2.24, 2.45) is 34.5 Å². The third-order valence-electron chi connectivity index (χ3n) is 7.10. The average Bonchev–Trinajstić information content (AvgIpc) is 3.21. The maximum absolute atomic E-state index is 12.8. The molecule has 4 saturated carbocycles. The predicted molar refractivity (Wildman–Crippen MR) is 70.6 cm³/mol. The zero-order valence-corrected chi connectivity index (χ0v) is 12.2. The Kier molecular flexibility index (Phi) is 2.39. The van der Waals surface area contributed by atoms with Gasteiger partial charge in [-0.3, -0.25) is 9.59 Å². The summed E-state index contributed by atoms with van der Waals surface area (Å²) in [7, 11) is 2.92. The number of carbonyl (C=O) groups is 2. The minimum Gasteiger partial charge on any atom is -0.469 e. The molecule has 4 rings (SSSR count). The number of ether oxygens (including phenoxy) is 2. The molecule has 4 bridgehead atoms. The largest absolute Gasteiger partial charge is 0.469 e. The monoisotopic (exact) mass is 278 g/mol. The minimum atomic E-state index is -0.593. The number of hydrogen-bond acceptors (Lipinski definition) is 4. The summed E-state index contributed by atoms with van der Waals surface area (Å²) in [6.07, 6.45) is 6.12. The lowest BCUT2D eigenvalue weighted by atomic mass is 9.52. The lowest BCUT2D eigenvalue weighted by molar-refractivity contribution is -0.187. The first kappa shape index (κ1) is 12.7. The molecule has 4 nitrogen and oxygen atoms in total. The van der Waals surface area contributed by atoms with Gasteiger partial charge in [0.1, 0.15) is 0 Å². The summed E-state index contributed by atoms with van der Waals surface area (Å²) in [6.45, 7) is 0. The zero-order valence-electron chi connectivity index (χ0n) is 12.2. The van der Waals surface area contributed by atoms with Crippen LogP contribution in [-0.2, 0) is 19.1 Å². The highest BCUT2D eigenvalue weighted by Gasteiger charge is 2.81. The molecular weight excluding hydrogens is 256 g/mol. The maximum atomic E-state index is 12.8. The number of methoxy groups -OCH3 is 2. The summed E-state index contributed by atoms with van der Waals surface area (Å²) in [6, 6.07) is 0. The van der Waals surface area contributed by atoms with Crippen molar-refractivity contribution in [1.82, 2.24) is 0 Å². The van der Waals surface area contributed by atoms with Crippen molar-refractivity contribution >= 4 is 11.9 Å². The third kappa shape index (κ3) is 1.05. The fourth-order valence-corrected chi connectivity index (χ4v) is 6.85. The van der Waals surface area contributed by atoms with E-state index in [1.54, 1.807) is 0 Å². The zero-order chi connectivity index (χ0) is 14.1. The van der Waals surface area contributed by atoms with Crippen LogP contribution in [0.4, 0.5) is 0 Å². The van der Waals surface area contributed by atoms with E-state index in [-0.39, 0.29) is 11.9 Å². The molecular formula is C16H22O4. The normalized spacial score (nSPS) is 51.1. The molecule has 0 aliphatic heterocycles. The van der Waals surface area contributed by atoms with E-state index in [0.717, 1.165) is 32.1 Å².